The quantitative estimate of drug-likeness (QED) is 0.635. The standard InChI is InChI=1S/C6H6ClP.2ClH/c7-8-6-4-2-1-3-5-6;;/h1-5,8H;2*1H. The summed E-state index contributed by atoms with van der Waals surface area (Å²) in [7, 11) is 0.402. The Labute approximate surface area is 79.7 Å². The van der Waals surface area contributed by atoms with Crippen LogP contribution in [0, 0.1) is 0 Å². The fourth-order valence-corrected chi connectivity index (χ4v) is 1.20. The van der Waals surface area contributed by atoms with Gasteiger partial charge >= 0.3 is 0 Å². The monoisotopic (exact) mass is 216 g/mol. The van der Waals surface area contributed by atoms with E-state index >= 15 is 0 Å². The van der Waals surface area contributed by atoms with Crippen LogP contribution < -0.4 is 5.30 Å². The topological polar surface area (TPSA) is 0 Å². The van der Waals surface area contributed by atoms with Crippen molar-refractivity contribution in [3.05, 3.63) is 30.3 Å². The van der Waals surface area contributed by atoms with Gasteiger partial charge in [0.05, 0.1) is 0 Å². The lowest BCUT2D eigenvalue weighted by Gasteiger charge is -1.87. The minimum atomic E-state index is 0. The first-order valence-electron chi connectivity index (χ1n) is 2.35. The van der Waals surface area contributed by atoms with Crippen LogP contribution in [-0.4, -0.2) is 0 Å². The molecular weight excluding hydrogens is 209 g/mol. The van der Waals surface area contributed by atoms with Gasteiger partial charge < -0.3 is 0 Å². The predicted octanol–water partition coefficient (Wildman–Crippen LogP) is 2.99. The zero-order valence-corrected chi connectivity index (χ0v) is 8.47. The molecule has 0 saturated carbocycles. The van der Waals surface area contributed by atoms with Crippen LogP contribution in [-0.2, 0) is 0 Å². The van der Waals surface area contributed by atoms with E-state index in [1.165, 1.54) is 5.30 Å². The first-order chi connectivity index (χ1) is 3.93. The molecule has 0 saturated heterocycles. The molecule has 0 radical (unpaired) electrons. The molecule has 0 N–H and O–H groups in total. The lowest BCUT2D eigenvalue weighted by atomic mass is 10.4. The number of hydrogen-bond acceptors (Lipinski definition) is 0. The molecule has 0 spiro atoms. The summed E-state index contributed by atoms with van der Waals surface area (Å²) >= 11 is 5.55. The van der Waals surface area contributed by atoms with E-state index in [2.05, 4.69) is 0 Å². The van der Waals surface area contributed by atoms with Gasteiger partial charge in [-0.25, -0.2) is 0 Å². The van der Waals surface area contributed by atoms with Gasteiger partial charge in [0.2, 0.25) is 0 Å². The van der Waals surface area contributed by atoms with Gasteiger partial charge in [-0.3, -0.25) is 0 Å². The Kier molecular flexibility index (Phi) is 10.0. The third-order valence-corrected chi connectivity index (χ3v) is 2.09. The van der Waals surface area contributed by atoms with Gasteiger partial charge in [0, 0.05) is 7.93 Å². The van der Waals surface area contributed by atoms with Gasteiger partial charge in [-0.05, 0) is 5.30 Å². The predicted molar refractivity (Wildman–Crippen MR) is 54.7 cm³/mol. The molecule has 1 unspecified atom stereocenters. The Morgan fingerprint density at radius 3 is 1.80 bits per heavy atom. The van der Waals surface area contributed by atoms with Gasteiger partial charge in [-0.1, -0.05) is 41.6 Å². The molecule has 0 aromatic heterocycles. The van der Waals surface area contributed by atoms with Gasteiger partial charge in [-0.15, -0.1) is 24.8 Å². The molecule has 0 aliphatic carbocycles. The van der Waals surface area contributed by atoms with Crippen LogP contribution in [0.5, 0.6) is 0 Å². The fourth-order valence-electron chi connectivity index (χ4n) is 0.501. The zero-order valence-electron chi connectivity index (χ0n) is 5.08. The highest BCUT2D eigenvalue weighted by atomic mass is 35.7. The molecule has 1 aromatic carbocycles. The maximum absolute atomic E-state index is 5.55. The van der Waals surface area contributed by atoms with Crippen molar-refractivity contribution in [1.82, 2.24) is 0 Å². The molecule has 1 atom stereocenters. The second-order valence-corrected chi connectivity index (χ2v) is 2.79. The minimum absolute atomic E-state index is 0. The Morgan fingerprint density at radius 1 is 1.00 bits per heavy atom. The summed E-state index contributed by atoms with van der Waals surface area (Å²) < 4.78 is 0. The third-order valence-electron chi connectivity index (χ3n) is 0.883. The highest BCUT2D eigenvalue weighted by Crippen LogP contribution is 2.13. The van der Waals surface area contributed by atoms with Crippen LogP contribution in [0.15, 0.2) is 30.3 Å². The second kappa shape index (κ2) is 7.63. The molecule has 0 bridgehead atoms. The molecule has 58 valence electrons. The average molecular weight is 217 g/mol. The molecule has 0 nitrogen and oxygen atoms in total. The summed E-state index contributed by atoms with van der Waals surface area (Å²) in [6, 6.07) is 10.0. The summed E-state index contributed by atoms with van der Waals surface area (Å²) in [6.45, 7) is 0. The van der Waals surface area contributed by atoms with Gasteiger partial charge in [0.1, 0.15) is 0 Å². The summed E-state index contributed by atoms with van der Waals surface area (Å²) in [5, 5.41) is 1.20. The first-order valence-corrected chi connectivity index (χ1v) is 4.36. The average Bonchev–Trinajstić information content (AvgIpc) is 1.90. The molecule has 1 aromatic rings. The van der Waals surface area contributed by atoms with Crippen LogP contribution in [0.25, 0.3) is 0 Å². The molecule has 0 heterocycles. The van der Waals surface area contributed by atoms with Crippen molar-refractivity contribution in [3.8, 4) is 0 Å². The van der Waals surface area contributed by atoms with Crippen LogP contribution >= 0.6 is 44.0 Å². The summed E-state index contributed by atoms with van der Waals surface area (Å²) in [6.07, 6.45) is 0. The third kappa shape index (κ3) is 4.35. The van der Waals surface area contributed by atoms with E-state index in [4.69, 9.17) is 11.2 Å². The highest BCUT2D eigenvalue weighted by Gasteiger charge is 1.81. The molecule has 0 aliphatic heterocycles. The van der Waals surface area contributed by atoms with Crippen molar-refractivity contribution in [2.75, 3.05) is 0 Å². The Balaban J connectivity index is 0. The summed E-state index contributed by atoms with van der Waals surface area (Å²) in [4.78, 5) is 0. The zero-order chi connectivity index (χ0) is 5.82. The maximum Gasteiger partial charge on any atom is 0.00659 e. The molecule has 0 fully saturated rings. The van der Waals surface area contributed by atoms with Crippen LogP contribution in [0.1, 0.15) is 0 Å². The lowest BCUT2D eigenvalue weighted by Crippen LogP contribution is -1.85. The molecule has 10 heavy (non-hydrogen) atoms. The fraction of sp³-hybridized carbons (Fsp3) is 0. The van der Waals surface area contributed by atoms with E-state index in [1.807, 2.05) is 30.3 Å². The van der Waals surface area contributed by atoms with Crippen LogP contribution in [0.4, 0.5) is 0 Å². The second-order valence-electron chi connectivity index (χ2n) is 1.46. The molecule has 0 aliphatic rings. The van der Waals surface area contributed by atoms with Crippen molar-refractivity contribution in [1.29, 1.82) is 0 Å². The Morgan fingerprint density at radius 2 is 1.50 bits per heavy atom. The van der Waals surface area contributed by atoms with E-state index in [-0.39, 0.29) is 24.8 Å². The Bertz CT molecular complexity index is 154. The number of benzene rings is 1. The molecule has 1 rings (SSSR count). The van der Waals surface area contributed by atoms with Crippen molar-refractivity contribution >= 4 is 49.3 Å². The normalized spacial score (nSPS) is 8.50. The van der Waals surface area contributed by atoms with Gasteiger partial charge in [0.15, 0.2) is 0 Å². The van der Waals surface area contributed by atoms with Gasteiger partial charge in [-0.2, -0.15) is 0 Å². The smallest absolute Gasteiger partial charge is 0.00659 e. The van der Waals surface area contributed by atoms with E-state index in [9.17, 15) is 0 Å². The molecular formula is C6H8Cl3P. The maximum atomic E-state index is 5.55. The minimum Gasteiger partial charge on any atom is -0.147 e. The van der Waals surface area contributed by atoms with E-state index < -0.39 is 0 Å². The van der Waals surface area contributed by atoms with Crippen molar-refractivity contribution in [3.63, 3.8) is 0 Å². The molecule has 0 amide bonds. The number of hydrogen-bond donors (Lipinski definition) is 0. The largest absolute Gasteiger partial charge is 0.147 e. The Hall–Kier alpha value is 0.520. The van der Waals surface area contributed by atoms with Crippen molar-refractivity contribution in [2.24, 2.45) is 0 Å². The lowest BCUT2D eigenvalue weighted by molar-refractivity contribution is 1.78. The van der Waals surface area contributed by atoms with Crippen molar-refractivity contribution < 1.29 is 0 Å². The highest BCUT2D eigenvalue weighted by molar-refractivity contribution is 7.74. The van der Waals surface area contributed by atoms with Crippen LogP contribution in [0.2, 0.25) is 0 Å². The number of rotatable bonds is 1. The first kappa shape index (κ1) is 13.1. The summed E-state index contributed by atoms with van der Waals surface area (Å²) in [5.74, 6) is 0. The number of halogens is 3. The summed E-state index contributed by atoms with van der Waals surface area (Å²) in [5.41, 5.74) is 0. The van der Waals surface area contributed by atoms with E-state index in [0.29, 0.717) is 7.93 Å². The van der Waals surface area contributed by atoms with E-state index in [0.717, 1.165) is 0 Å². The van der Waals surface area contributed by atoms with Crippen LogP contribution in [0.3, 0.4) is 0 Å². The SMILES string of the molecule is Cl.Cl.ClPc1ccccc1. The van der Waals surface area contributed by atoms with Gasteiger partial charge in [0.25, 0.3) is 0 Å². The van der Waals surface area contributed by atoms with Crippen molar-refractivity contribution in [2.45, 2.75) is 0 Å². The van der Waals surface area contributed by atoms with E-state index in [1.54, 1.807) is 0 Å². The molecule has 4 heteroatoms.